The molecule has 4 rings (SSSR count). The number of nitrogens with zero attached hydrogens (tertiary/aromatic N) is 2. The number of halogens is 1. The molecule has 2 N–H and O–H groups in total. The minimum atomic E-state index is -0.401. The summed E-state index contributed by atoms with van der Waals surface area (Å²) >= 11 is 0. The van der Waals surface area contributed by atoms with Gasteiger partial charge in [-0.25, -0.2) is 9.37 Å². The normalized spacial score (nSPS) is 10.7. The zero-order chi connectivity index (χ0) is 21.1. The van der Waals surface area contributed by atoms with Crippen molar-refractivity contribution < 1.29 is 9.18 Å². The van der Waals surface area contributed by atoms with Crippen molar-refractivity contribution in [2.75, 3.05) is 5.73 Å². The molecule has 0 spiro atoms. The molecule has 0 atom stereocenters. The number of hydrogen-bond acceptors (Lipinski definition) is 4. The number of carbonyl (C=O) groups is 1. The van der Waals surface area contributed by atoms with Crippen molar-refractivity contribution in [3.63, 3.8) is 0 Å². The topological polar surface area (TPSA) is 68.9 Å². The Hall–Kier alpha value is -3.86. The molecule has 2 aromatic carbocycles. The molecule has 0 saturated heterocycles. The lowest BCUT2D eigenvalue weighted by molar-refractivity contribution is 0.0989. The predicted octanol–water partition coefficient (Wildman–Crippen LogP) is 5.27. The summed E-state index contributed by atoms with van der Waals surface area (Å²) in [4.78, 5) is 21.7. The minimum absolute atomic E-state index is 0.0927. The maximum atomic E-state index is 14.2. The summed E-state index contributed by atoms with van der Waals surface area (Å²) in [5, 5.41) is 0. The van der Waals surface area contributed by atoms with Crippen molar-refractivity contribution in [2.24, 2.45) is 0 Å². The number of aromatic nitrogens is 2. The number of Topliss-reactive ketones (excluding diaryl/α,β-unsaturated/α-hetero) is 1. The number of carbonyl (C=O) groups excluding carboxylic acids is 1. The number of nitrogens with two attached hydrogens (primary N) is 1. The van der Waals surface area contributed by atoms with Gasteiger partial charge in [-0.05, 0) is 59.5 Å². The van der Waals surface area contributed by atoms with E-state index in [4.69, 9.17) is 5.73 Å². The fraction of sp³-hybridized carbons (Fsp3) is 0.0800. The number of rotatable bonds is 5. The van der Waals surface area contributed by atoms with Crippen molar-refractivity contribution in [3.8, 4) is 22.4 Å². The van der Waals surface area contributed by atoms with Gasteiger partial charge in [0.05, 0.1) is 11.4 Å². The van der Waals surface area contributed by atoms with Gasteiger partial charge < -0.3 is 5.73 Å². The van der Waals surface area contributed by atoms with Crippen molar-refractivity contribution in [3.05, 3.63) is 102 Å². The summed E-state index contributed by atoms with van der Waals surface area (Å²) in [5.74, 6) is -0.643. The second kappa shape index (κ2) is 8.25. The largest absolute Gasteiger partial charge is 0.397 e. The number of ketones is 1. The Bertz CT molecular complexity index is 1240. The lowest BCUT2D eigenvalue weighted by Gasteiger charge is -2.12. The Morgan fingerprint density at radius 1 is 0.933 bits per heavy atom. The average Bonchev–Trinajstić information content (AvgIpc) is 2.75. The highest BCUT2D eigenvalue weighted by atomic mass is 19.1. The molecule has 2 aromatic heterocycles. The van der Waals surface area contributed by atoms with Crippen LogP contribution >= 0.6 is 0 Å². The van der Waals surface area contributed by atoms with Gasteiger partial charge in [0.25, 0.3) is 0 Å². The van der Waals surface area contributed by atoms with Crippen LogP contribution in [0, 0.1) is 12.7 Å². The first kappa shape index (κ1) is 19.5. The number of pyridine rings is 2. The van der Waals surface area contributed by atoms with Gasteiger partial charge in [-0.15, -0.1) is 0 Å². The Morgan fingerprint density at radius 2 is 1.67 bits per heavy atom. The molecule has 0 aliphatic rings. The molecule has 30 heavy (non-hydrogen) atoms. The van der Waals surface area contributed by atoms with E-state index in [0.717, 1.165) is 22.3 Å². The molecule has 0 unspecified atom stereocenters. The Labute approximate surface area is 174 Å². The van der Waals surface area contributed by atoms with Gasteiger partial charge in [0, 0.05) is 24.4 Å². The van der Waals surface area contributed by atoms with Crippen LogP contribution in [-0.4, -0.2) is 15.8 Å². The lowest BCUT2D eigenvalue weighted by atomic mass is 9.94. The molecule has 0 radical (unpaired) electrons. The van der Waals surface area contributed by atoms with E-state index >= 15 is 0 Å². The van der Waals surface area contributed by atoms with Gasteiger partial charge in [0.2, 0.25) is 0 Å². The minimum Gasteiger partial charge on any atom is -0.397 e. The second-order valence-corrected chi connectivity index (χ2v) is 7.06. The first-order chi connectivity index (χ1) is 14.5. The van der Waals surface area contributed by atoms with Crippen LogP contribution in [0.1, 0.15) is 21.6 Å². The van der Waals surface area contributed by atoms with Crippen molar-refractivity contribution >= 4 is 11.5 Å². The van der Waals surface area contributed by atoms with Crippen molar-refractivity contribution in [1.82, 2.24) is 9.97 Å². The fourth-order valence-electron chi connectivity index (χ4n) is 3.47. The van der Waals surface area contributed by atoms with Crippen LogP contribution in [0.2, 0.25) is 0 Å². The summed E-state index contributed by atoms with van der Waals surface area (Å²) in [6, 6.07) is 19.4. The third kappa shape index (κ3) is 3.82. The first-order valence-electron chi connectivity index (χ1n) is 9.58. The number of aryl methyl sites for hydroxylation is 1. The molecule has 0 aliphatic carbocycles. The molecule has 148 valence electrons. The van der Waals surface area contributed by atoms with Crippen LogP contribution in [0.25, 0.3) is 22.4 Å². The van der Waals surface area contributed by atoms with Gasteiger partial charge in [0.1, 0.15) is 11.5 Å². The lowest BCUT2D eigenvalue weighted by Crippen LogP contribution is -2.11. The summed E-state index contributed by atoms with van der Waals surface area (Å²) in [6.45, 7) is 2.03. The maximum Gasteiger partial charge on any atom is 0.187 e. The molecule has 0 fully saturated rings. The van der Waals surface area contributed by atoms with E-state index in [1.165, 1.54) is 6.07 Å². The second-order valence-electron chi connectivity index (χ2n) is 7.06. The van der Waals surface area contributed by atoms with E-state index in [1.807, 2.05) is 37.3 Å². The van der Waals surface area contributed by atoms with Gasteiger partial charge in [-0.1, -0.05) is 36.4 Å². The Balaban J connectivity index is 1.70. The zero-order valence-corrected chi connectivity index (χ0v) is 16.5. The van der Waals surface area contributed by atoms with Gasteiger partial charge >= 0.3 is 0 Å². The molecule has 0 bridgehead atoms. The van der Waals surface area contributed by atoms with Crippen LogP contribution < -0.4 is 5.73 Å². The number of hydrogen-bond donors (Lipinski definition) is 1. The molecular weight excluding hydrogens is 377 g/mol. The standard InChI is InChI=1S/C25H20FN3O/c1-16-6-2-3-7-18(16)19-12-13-28-15-17(19)14-24(30)25-22(27)10-11-23(29-25)20-8-4-5-9-21(20)26/h2-13,15H,14,27H2,1H3. The van der Waals surface area contributed by atoms with E-state index in [2.05, 4.69) is 9.97 Å². The monoisotopic (exact) mass is 397 g/mol. The van der Waals surface area contributed by atoms with E-state index in [0.29, 0.717) is 11.3 Å². The molecule has 4 aromatic rings. The van der Waals surface area contributed by atoms with Crippen LogP contribution in [0.4, 0.5) is 10.1 Å². The molecule has 0 amide bonds. The van der Waals surface area contributed by atoms with Crippen LogP contribution in [0.15, 0.2) is 79.1 Å². The molecule has 4 nitrogen and oxygen atoms in total. The number of anilines is 1. The maximum absolute atomic E-state index is 14.2. The Morgan fingerprint density at radius 3 is 2.43 bits per heavy atom. The molecule has 0 saturated carbocycles. The van der Waals surface area contributed by atoms with E-state index in [1.54, 1.807) is 42.7 Å². The highest BCUT2D eigenvalue weighted by molar-refractivity contribution is 6.01. The van der Waals surface area contributed by atoms with E-state index in [9.17, 15) is 9.18 Å². The number of nitrogen functional groups attached to an aromatic ring is 1. The van der Waals surface area contributed by atoms with Crippen LogP contribution in [-0.2, 0) is 6.42 Å². The first-order valence-corrected chi connectivity index (χ1v) is 9.58. The Kier molecular flexibility index (Phi) is 5.35. The third-order valence-electron chi connectivity index (χ3n) is 5.03. The average molecular weight is 397 g/mol. The highest BCUT2D eigenvalue weighted by Crippen LogP contribution is 2.28. The molecule has 2 heterocycles. The fourth-order valence-corrected chi connectivity index (χ4v) is 3.47. The van der Waals surface area contributed by atoms with E-state index < -0.39 is 5.82 Å². The quantitative estimate of drug-likeness (QED) is 0.466. The number of benzene rings is 2. The van der Waals surface area contributed by atoms with Crippen molar-refractivity contribution in [2.45, 2.75) is 13.3 Å². The van der Waals surface area contributed by atoms with Crippen molar-refractivity contribution in [1.29, 1.82) is 0 Å². The van der Waals surface area contributed by atoms with Gasteiger partial charge in [0.15, 0.2) is 5.78 Å². The van der Waals surface area contributed by atoms with E-state index in [-0.39, 0.29) is 23.6 Å². The van der Waals surface area contributed by atoms with Gasteiger partial charge in [-0.2, -0.15) is 0 Å². The molecule has 0 aliphatic heterocycles. The predicted molar refractivity (Wildman–Crippen MR) is 116 cm³/mol. The SMILES string of the molecule is Cc1ccccc1-c1ccncc1CC(=O)c1nc(-c2ccccc2F)ccc1N. The molecular formula is C25H20FN3O. The van der Waals surface area contributed by atoms with Crippen LogP contribution in [0.3, 0.4) is 0 Å². The summed E-state index contributed by atoms with van der Waals surface area (Å²) in [6.07, 6.45) is 3.49. The molecule has 5 heteroatoms. The van der Waals surface area contributed by atoms with Crippen LogP contribution in [0.5, 0.6) is 0 Å². The summed E-state index contributed by atoms with van der Waals surface area (Å²) in [7, 11) is 0. The smallest absolute Gasteiger partial charge is 0.187 e. The summed E-state index contributed by atoms with van der Waals surface area (Å²) in [5.41, 5.74) is 11.0. The highest BCUT2D eigenvalue weighted by Gasteiger charge is 2.18. The van der Waals surface area contributed by atoms with Gasteiger partial charge in [-0.3, -0.25) is 9.78 Å². The third-order valence-corrected chi connectivity index (χ3v) is 5.03. The summed E-state index contributed by atoms with van der Waals surface area (Å²) < 4.78 is 14.2. The zero-order valence-electron chi connectivity index (χ0n) is 16.5.